The highest BCUT2D eigenvalue weighted by Crippen LogP contribution is 2.32. The van der Waals surface area contributed by atoms with Crippen molar-refractivity contribution in [3.8, 4) is 0 Å². The van der Waals surface area contributed by atoms with Gasteiger partial charge in [0.25, 0.3) is 0 Å². The largest absolute Gasteiger partial charge is 0.416 e. The first kappa shape index (κ1) is 13.9. The van der Waals surface area contributed by atoms with Gasteiger partial charge < -0.3 is 0 Å². The molecule has 0 bridgehead atoms. The van der Waals surface area contributed by atoms with E-state index in [0.717, 1.165) is 6.07 Å². The molecule has 0 N–H and O–H groups in total. The Bertz CT molecular complexity index is 796. The zero-order chi connectivity index (χ0) is 15.0. The number of hydrogen-bond donors (Lipinski definition) is 0. The first-order valence-corrected chi connectivity index (χ1v) is 6.48. The molecule has 7 heteroatoms. The smallest absolute Gasteiger partial charge is 0.219 e. The molecule has 0 spiro atoms. The fraction of sp³-hybridized carbons (Fsp3) is 0.143. The third-order valence-corrected chi connectivity index (χ3v) is 3.32. The van der Waals surface area contributed by atoms with E-state index < -0.39 is 11.7 Å². The fourth-order valence-corrected chi connectivity index (χ4v) is 2.32. The Morgan fingerprint density at radius 1 is 1.10 bits per heavy atom. The van der Waals surface area contributed by atoms with Gasteiger partial charge in [-0.05, 0) is 23.8 Å². The van der Waals surface area contributed by atoms with Crippen LogP contribution in [0.3, 0.4) is 0 Å². The molecule has 0 atom stereocenters. The minimum absolute atomic E-state index is 0.00626. The van der Waals surface area contributed by atoms with Crippen LogP contribution in [0, 0.1) is 0 Å². The number of pyridine rings is 1. The average molecular weight is 312 g/mol. The quantitative estimate of drug-likeness (QED) is 0.716. The summed E-state index contributed by atoms with van der Waals surface area (Å²) in [6.45, 7) is 0. The number of aromatic nitrogens is 3. The molecule has 0 saturated carbocycles. The number of alkyl halides is 3. The van der Waals surface area contributed by atoms with Crippen molar-refractivity contribution in [3.05, 3.63) is 64.6 Å². The number of halogens is 4. The molecule has 3 nitrogen and oxygen atoms in total. The van der Waals surface area contributed by atoms with Gasteiger partial charge in [-0.15, -0.1) is 0 Å². The van der Waals surface area contributed by atoms with E-state index in [1.165, 1.54) is 16.6 Å². The van der Waals surface area contributed by atoms with Crippen LogP contribution < -0.4 is 0 Å². The van der Waals surface area contributed by atoms with Crippen molar-refractivity contribution in [2.24, 2.45) is 0 Å². The van der Waals surface area contributed by atoms with Gasteiger partial charge in [-0.2, -0.15) is 18.3 Å². The first-order valence-electron chi connectivity index (χ1n) is 6.10. The summed E-state index contributed by atoms with van der Waals surface area (Å²) >= 11 is 5.97. The summed E-state index contributed by atoms with van der Waals surface area (Å²) < 4.78 is 40.3. The van der Waals surface area contributed by atoms with Crippen LogP contribution in [0.15, 0.2) is 42.6 Å². The molecule has 2 aromatic heterocycles. The van der Waals surface area contributed by atoms with Gasteiger partial charge in [0.15, 0.2) is 11.5 Å². The normalized spacial score (nSPS) is 12.0. The number of hydrogen-bond acceptors (Lipinski definition) is 2. The second kappa shape index (κ2) is 5.04. The molecule has 1 aromatic carbocycles. The lowest BCUT2D eigenvalue weighted by molar-refractivity contribution is -0.138. The summed E-state index contributed by atoms with van der Waals surface area (Å²) in [4.78, 5) is 4.18. The Morgan fingerprint density at radius 3 is 2.57 bits per heavy atom. The summed E-state index contributed by atoms with van der Waals surface area (Å²) in [7, 11) is 0. The monoisotopic (exact) mass is 311 g/mol. The average Bonchev–Trinajstić information content (AvgIpc) is 2.82. The number of nitrogens with zero attached hydrogens (tertiary/aromatic N) is 3. The highest BCUT2D eigenvalue weighted by molar-refractivity contribution is 6.33. The van der Waals surface area contributed by atoms with Gasteiger partial charge in [-0.25, -0.2) is 9.50 Å². The van der Waals surface area contributed by atoms with Gasteiger partial charge in [-0.1, -0.05) is 29.8 Å². The Labute approximate surface area is 123 Å². The predicted octanol–water partition coefficient (Wildman–Crippen LogP) is 3.99. The van der Waals surface area contributed by atoms with E-state index in [9.17, 15) is 13.2 Å². The topological polar surface area (TPSA) is 30.2 Å². The highest BCUT2D eigenvalue weighted by atomic mass is 35.5. The van der Waals surface area contributed by atoms with Crippen molar-refractivity contribution < 1.29 is 13.2 Å². The molecule has 0 fully saturated rings. The van der Waals surface area contributed by atoms with E-state index in [0.29, 0.717) is 16.5 Å². The summed E-state index contributed by atoms with van der Waals surface area (Å²) in [6, 6.07) is 8.75. The third kappa shape index (κ3) is 2.71. The van der Waals surface area contributed by atoms with Crippen molar-refractivity contribution >= 4 is 17.2 Å². The van der Waals surface area contributed by atoms with Crippen LogP contribution >= 0.6 is 11.6 Å². The van der Waals surface area contributed by atoms with Gasteiger partial charge >= 0.3 is 6.18 Å². The SMILES string of the molecule is FC(F)(F)c1ccccc1Cc1nc2c(Cl)cccn2n1. The molecule has 0 amide bonds. The number of fused-ring (bicyclic) bond motifs is 1. The zero-order valence-electron chi connectivity index (χ0n) is 10.6. The second-order valence-electron chi connectivity index (χ2n) is 4.48. The van der Waals surface area contributed by atoms with Crippen molar-refractivity contribution in [2.75, 3.05) is 0 Å². The summed E-state index contributed by atoms with van der Waals surface area (Å²) in [5.74, 6) is 0.291. The third-order valence-electron chi connectivity index (χ3n) is 3.03. The van der Waals surface area contributed by atoms with Crippen LogP contribution in [-0.4, -0.2) is 14.6 Å². The molecule has 0 radical (unpaired) electrons. The van der Waals surface area contributed by atoms with E-state index in [4.69, 9.17) is 11.6 Å². The number of benzene rings is 1. The minimum atomic E-state index is -4.40. The molecule has 2 heterocycles. The maximum Gasteiger partial charge on any atom is 0.416 e. The Morgan fingerprint density at radius 2 is 1.86 bits per heavy atom. The van der Waals surface area contributed by atoms with Gasteiger partial charge in [0.1, 0.15) is 0 Å². The predicted molar refractivity (Wildman–Crippen MR) is 72.2 cm³/mol. The van der Waals surface area contributed by atoms with Crippen LogP contribution in [0.4, 0.5) is 13.2 Å². The van der Waals surface area contributed by atoms with Gasteiger partial charge in [-0.3, -0.25) is 0 Å². The van der Waals surface area contributed by atoms with E-state index in [1.54, 1.807) is 24.4 Å². The van der Waals surface area contributed by atoms with Gasteiger partial charge in [0, 0.05) is 12.6 Å². The molecule has 108 valence electrons. The summed E-state index contributed by atoms with van der Waals surface area (Å²) in [5.41, 5.74) is -0.106. The molecular weight excluding hydrogens is 303 g/mol. The van der Waals surface area contributed by atoms with E-state index in [1.807, 2.05) is 0 Å². The van der Waals surface area contributed by atoms with Crippen molar-refractivity contribution in [1.29, 1.82) is 0 Å². The molecule has 0 aliphatic carbocycles. The summed E-state index contributed by atoms with van der Waals surface area (Å²) in [6.07, 6.45) is -2.76. The van der Waals surface area contributed by atoms with Crippen molar-refractivity contribution in [3.63, 3.8) is 0 Å². The van der Waals surface area contributed by atoms with Crippen molar-refractivity contribution in [2.45, 2.75) is 12.6 Å². The summed E-state index contributed by atoms with van der Waals surface area (Å²) in [5, 5.41) is 4.55. The van der Waals surface area contributed by atoms with Gasteiger partial charge in [0.05, 0.1) is 10.6 Å². The Kier molecular flexibility index (Phi) is 3.33. The molecule has 0 unspecified atom stereocenters. The molecule has 21 heavy (non-hydrogen) atoms. The molecular formula is C14H9ClF3N3. The van der Waals surface area contributed by atoms with Gasteiger partial charge in [0.2, 0.25) is 0 Å². The Balaban J connectivity index is 2.01. The van der Waals surface area contributed by atoms with Crippen LogP contribution in [0.5, 0.6) is 0 Å². The van der Waals surface area contributed by atoms with Crippen molar-refractivity contribution in [1.82, 2.24) is 14.6 Å². The zero-order valence-corrected chi connectivity index (χ0v) is 11.4. The second-order valence-corrected chi connectivity index (χ2v) is 4.89. The standard InChI is InChI=1S/C14H9ClF3N3/c15-11-6-3-7-21-13(11)19-12(20-21)8-9-4-1-2-5-10(9)14(16,17)18/h1-7H,8H2. The van der Waals surface area contributed by atoms with Crippen LogP contribution in [0.2, 0.25) is 5.02 Å². The number of rotatable bonds is 2. The van der Waals surface area contributed by atoms with E-state index >= 15 is 0 Å². The maximum absolute atomic E-state index is 13.0. The first-order chi connectivity index (χ1) is 9.95. The van der Waals surface area contributed by atoms with Crippen LogP contribution in [-0.2, 0) is 12.6 Å². The lowest BCUT2D eigenvalue weighted by atomic mass is 10.0. The van der Waals surface area contributed by atoms with E-state index in [-0.39, 0.29) is 12.0 Å². The lowest BCUT2D eigenvalue weighted by Crippen LogP contribution is -2.09. The molecule has 0 aliphatic heterocycles. The fourth-order valence-electron chi connectivity index (χ4n) is 2.11. The molecule has 3 aromatic rings. The Hall–Kier alpha value is -2.08. The minimum Gasteiger partial charge on any atom is -0.219 e. The molecule has 3 rings (SSSR count). The molecule has 0 aliphatic rings. The van der Waals surface area contributed by atoms with Crippen LogP contribution in [0.25, 0.3) is 5.65 Å². The highest BCUT2D eigenvalue weighted by Gasteiger charge is 2.33. The van der Waals surface area contributed by atoms with Crippen LogP contribution in [0.1, 0.15) is 17.0 Å². The lowest BCUT2D eigenvalue weighted by Gasteiger charge is -2.11. The molecule has 0 saturated heterocycles. The maximum atomic E-state index is 13.0. The van der Waals surface area contributed by atoms with E-state index in [2.05, 4.69) is 10.1 Å².